The number of urea groups is 1. The molecule has 1 aromatic rings. The Morgan fingerprint density at radius 3 is 2.54 bits per heavy atom. The number of thioether (sulfide) groups is 1. The third-order valence-electron chi connectivity index (χ3n) is 3.82. The molecule has 2 amide bonds. The molecule has 0 spiro atoms. The van der Waals surface area contributed by atoms with E-state index < -0.39 is 24.0 Å². The monoisotopic (exact) mass is 378 g/mol. The highest BCUT2D eigenvalue weighted by Gasteiger charge is 2.32. The summed E-state index contributed by atoms with van der Waals surface area (Å²) in [6, 6.07) is 6.15. The number of benzene rings is 1. The van der Waals surface area contributed by atoms with Gasteiger partial charge >= 0.3 is 18.0 Å². The van der Waals surface area contributed by atoms with Crippen LogP contribution in [0.15, 0.2) is 40.4 Å². The van der Waals surface area contributed by atoms with Crippen molar-refractivity contribution >= 4 is 29.7 Å². The molecule has 0 unspecified atom stereocenters. The molecule has 0 radical (unpaired) electrons. The van der Waals surface area contributed by atoms with Gasteiger partial charge in [-0.3, -0.25) is 0 Å². The van der Waals surface area contributed by atoms with E-state index in [9.17, 15) is 14.4 Å². The molecule has 26 heavy (non-hydrogen) atoms. The number of hydrogen-bond donors (Lipinski definition) is 2. The molecule has 0 aliphatic carbocycles. The summed E-state index contributed by atoms with van der Waals surface area (Å²) in [6.45, 7) is 3.53. The van der Waals surface area contributed by atoms with Crippen LogP contribution in [0.2, 0.25) is 0 Å². The van der Waals surface area contributed by atoms with Gasteiger partial charge in [-0.1, -0.05) is 19.1 Å². The second-order valence-corrected chi connectivity index (χ2v) is 6.30. The first-order chi connectivity index (χ1) is 12.5. The van der Waals surface area contributed by atoms with Crippen LogP contribution in [-0.4, -0.2) is 43.5 Å². The van der Waals surface area contributed by atoms with Gasteiger partial charge in [-0.05, 0) is 31.7 Å². The van der Waals surface area contributed by atoms with Crippen molar-refractivity contribution in [2.75, 3.05) is 19.5 Å². The molecule has 0 saturated heterocycles. The third-order valence-corrected chi connectivity index (χ3v) is 4.62. The topological polar surface area (TPSA) is 93.7 Å². The molecule has 7 nitrogen and oxygen atoms in total. The fourth-order valence-corrected chi connectivity index (χ4v) is 3.19. The van der Waals surface area contributed by atoms with Crippen molar-refractivity contribution < 1.29 is 23.9 Å². The Bertz CT molecular complexity index is 732. The second kappa shape index (κ2) is 9.28. The van der Waals surface area contributed by atoms with Crippen LogP contribution in [0.5, 0.6) is 0 Å². The highest BCUT2D eigenvalue weighted by molar-refractivity contribution is 7.98. The Kier molecular flexibility index (Phi) is 7.08. The first kappa shape index (κ1) is 19.8. The maximum atomic E-state index is 12.4. The van der Waals surface area contributed by atoms with Gasteiger partial charge in [0.2, 0.25) is 0 Å². The van der Waals surface area contributed by atoms with E-state index in [0.29, 0.717) is 12.0 Å². The van der Waals surface area contributed by atoms with E-state index in [1.165, 1.54) is 11.8 Å². The van der Waals surface area contributed by atoms with Crippen molar-refractivity contribution in [3.8, 4) is 0 Å². The van der Waals surface area contributed by atoms with Gasteiger partial charge in [0.25, 0.3) is 0 Å². The molecule has 0 saturated carbocycles. The molecule has 1 atom stereocenters. The zero-order valence-electron chi connectivity index (χ0n) is 15.0. The molecule has 1 aromatic carbocycles. The van der Waals surface area contributed by atoms with E-state index in [2.05, 4.69) is 10.6 Å². The van der Waals surface area contributed by atoms with Crippen molar-refractivity contribution in [1.82, 2.24) is 10.6 Å². The van der Waals surface area contributed by atoms with E-state index in [0.717, 1.165) is 4.90 Å². The van der Waals surface area contributed by atoms with Gasteiger partial charge < -0.3 is 20.1 Å². The SMILES string of the molecule is CCOC(=O)C1=C(COC(=O)c2ccccc2SC)NC(=O)N[C@@H]1CC. The summed E-state index contributed by atoms with van der Waals surface area (Å²) in [5.74, 6) is -1.06. The summed E-state index contributed by atoms with van der Waals surface area (Å²) < 4.78 is 10.4. The molecule has 1 heterocycles. The van der Waals surface area contributed by atoms with Gasteiger partial charge in [-0.25, -0.2) is 14.4 Å². The second-order valence-electron chi connectivity index (χ2n) is 5.45. The minimum atomic E-state index is -0.539. The predicted molar refractivity (Wildman–Crippen MR) is 97.9 cm³/mol. The Balaban J connectivity index is 2.23. The zero-order valence-corrected chi connectivity index (χ0v) is 15.8. The lowest BCUT2D eigenvalue weighted by atomic mass is 10.0. The summed E-state index contributed by atoms with van der Waals surface area (Å²) in [6.07, 6.45) is 2.38. The summed E-state index contributed by atoms with van der Waals surface area (Å²) >= 11 is 1.43. The molecule has 0 bridgehead atoms. The van der Waals surface area contributed by atoms with Crippen LogP contribution >= 0.6 is 11.8 Å². The largest absolute Gasteiger partial charge is 0.463 e. The number of amides is 2. The summed E-state index contributed by atoms with van der Waals surface area (Å²) in [7, 11) is 0. The molecule has 140 valence electrons. The maximum Gasteiger partial charge on any atom is 0.339 e. The summed E-state index contributed by atoms with van der Waals surface area (Å²) in [5, 5.41) is 5.22. The molecule has 1 aliphatic rings. The molecule has 0 fully saturated rings. The van der Waals surface area contributed by atoms with Crippen LogP contribution in [0.3, 0.4) is 0 Å². The van der Waals surface area contributed by atoms with Crippen LogP contribution in [0, 0.1) is 0 Å². The lowest BCUT2D eigenvalue weighted by molar-refractivity contribution is -0.139. The van der Waals surface area contributed by atoms with Gasteiger partial charge in [0, 0.05) is 4.90 Å². The summed E-state index contributed by atoms with van der Waals surface area (Å²) in [5.41, 5.74) is 0.958. The summed E-state index contributed by atoms with van der Waals surface area (Å²) in [4.78, 5) is 37.3. The number of esters is 2. The van der Waals surface area contributed by atoms with Crippen LogP contribution in [0.25, 0.3) is 0 Å². The van der Waals surface area contributed by atoms with E-state index in [-0.39, 0.29) is 24.5 Å². The first-order valence-corrected chi connectivity index (χ1v) is 9.52. The lowest BCUT2D eigenvalue weighted by Gasteiger charge is -2.28. The maximum absolute atomic E-state index is 12.4. The Morgan fingerprint density at radius 1 is 1.15 bits per heavy atom. The highest BCUT2D eigenvalue weighted by atomic mass is 32.2. The van der Waals surface area contributed by atoms with E-state index in [1.54, 1.807) is 19.1 Å². The normalized spacial score (nSPS) is 16.6. The standard InChI is InChI=1S/C18H22N2O5S/c1-4-12-15(17(22)24-5-2)13(20-18(23)19-12)10-25-16(21)11-8-6-7-9-14(11)26-3/h6-9,12H,4-5,10H2,1-3H3,(H2,19,20,23)/t12-/m1/s1. The minimum absolute atomic E-state index is 0.209. The number of hydrogen-bond acceptors (Lipinski definition) is 6. The number of rotatable bonds is 7. The van der Waals surface area contributed by atoms with Crippen LogP contribution < -0.4 is 10.6 Å². The molecular weight excluding hydrogens is 356 g/mol. The van der Waals surface area contributed by atoms with Gasteiger partial charge in [0.05, 0.1) is 29.5 Å². The van der Waals surface area contributed by atoms with Crippen molar-refractivity contribution in [2.45, 2.75) is 31.2 Å². The number of carbonyl (C=O) groups excluding carboxylic acids is 3. The van der Waals surface area contributed by atoms with E-state index >= 15 is 0 Å². The lowest BCUT2D eigenvalue weighted by Crippen LogP contribution is -2.51. The number of carbonyl (C=O) groups is 3. The van der Waals surface area contributed by atoms with Crippen molar-refractivity contribution in [3.05, 3.63) is 41.1 Å². The average molecular weight is 378 g/mol. The number of ether oxygens (including phenoxy) is 2. The number of nitrogens with one attached hydrogen (secondary N) is 2. The van der Waals surface area contributed by atoms with Gasteiger partial charge in [-0.15, -0.1) is 11.8 Å². The van der Waals surface area contributed by atoms with E-state index in [1.807, 2.05) is 25.3 Å². The third kappa shape index (κ3) is 4.57. The van der Waals surface area contributed by atoms with Crippen LogP contribution in [-0.2, 0) is 14.3 Å². The smallest absolute Gasteiger partial charge is 0.339 e. The quantitative estimate of drug-likeness (QED) is 0.559. The molecule has 0 aromatic heterocycles. The van der Waals surface area contributed by atoms with Gasteiger partial charge in [-0.2, -0.15) is 0 Å². The minimum Gasteiger partial charge on any atom is -0.463 e. The Labute approximate surface area is 156 Å². The first-order valence-electron chi connectivity index (χ1n) is 8.29. The van der Waals surface area contributed by atoms with E-state index in [4.69, 9.17) is 9.47 Å². The molecule has 2 rings (SSSR count). The van der Waals surface area contributed by atoms with Crippen molar-refractivity contribution in [3.63, 3.8) is 0 Å². The van der Waals surface area contributed by atoms with Crippen LogP contribution in [0.4, 0.5) is 4.79 Å². The van der Waals surface area contributed by atoms with Crippen LogP contribution in [0.1, 0.15) is 30.6 Å². The van der Waals surface area contributed by atoms with Crippen molar-refractivity contribution in [1.29, 1.82) is 0 Å². The molecule has 8 heteroatoms. The fourth-order valence-electron chi connectivity index (χ4n) is 2.60. The van der Waals surface area contributed by atoms with Gasteiger partial charge in [0.1, 0.15) is 6.61 Å². The molecule has 2 N–H and O–H groups in total. The molecular formula is C18H22N2O5S. The fraction of sp³-hybridized carbons (Fsp3) is 0.389. The average Bonchev–Trinajstić information content (AvgIpc) is 2.65. The van der Waals surface area contributed by atoms with Crippen molar-refractivity contribution in [2.24, 2.45) is 0 Å². The zero-order chi connectivity index (χ0) is 19.1. The predicted octanol–water partition coefficient (Wildman–Crippen LogP) is 2.47. The Morgan fingerprint density at radius 2 is 1.88 bits per heavy atom. The van der Waals surface area contributed by atoms with Gasteiger partial charge in [0.15, 0.2) is 0 Å². The molecule has 1 aliphatic heterocycles. The Hall–Kier alpha value is -2.48. The highest BCUT2D eigenvalue weighted by Crippen LogP contribution is 2.22.